The Balaban J connectivity index is 2.02. The minimum atomic E-state index is -3.80. The molecule has 1 saturated carbocycles. The molecule has 1 aliphatic carbocycles. The second-order valence-corrected chi connectivity index (χ2v) is 10.7. The van der Waals surface area contributed by atoms with Gasteiger partial charge in [-0.25, -0.2) is 13.2 Å². The van der Waals surface area contributed by atoms with Crippen LogP contribution in [0, 0.1) is 0 Å². The maximum Gasteiger partial charge on any atom is 0.408 e. The van der Waals surface area contributed by atoms with Crippen LogP contribution in [0.5, 0.6) is 0 Å². The Morgan fingerprint density at radius 3 is 2.24 bits per heavy atom. The van der Waals surface area contributed by atoms with Crippen molar-refractivity contribution in [3.05, 3.63) is 65.2 Å². The topological polar surface area (TPSA) is 98.5 Å². The predicted octanol–water partition coefficient (Wildman–Crippen LogP) is 3.50. The number of halogens is 1. The van der Waals surface area contributed by atoms with E-state index in [0.29, 0.717) is 5.02 Å². The van der Waals surface area contributed by atoms with E-state index in [0.717, 1.165) is 5.56 Å². The Morgan fingerprint density at radius 2 is 1.72 bits per heavy atom. The molecule has 1 aliphatic rings. The fourth-order valence-electron chi connectivity index (χ4n) is 3.70. The van der Waals surface area contributed by atoms with E-state index in [1.165, 1.54) is 24.3 Å². The van der Waals surface area contributed by atoms with Gasteiger partial charge in [0.2, 0.25) is 0 Å². The minimum absolute atomic E-state index is 0.0523. The van der Waals surface area contributed by atoms with Crippen LogP contribution in [0.3, 0.4) is 0 Å². The first-order valence-corrected chi connectivity index (χ1v) is 11.2. The molecule has 3 rings (SSSR count). The summed E-state index contributed by atoms with van der Waals surface area (Å²) in [6.07, 6.45) is -0.697. The highest BCUT2D eigenvalue weighted by atomic mass is 35.5. The van der Waals surface area contributed by atoms with Crippen molar-refractivity contribution in [2.24, 2.45) is 5.73 Å². The number of rotatable bonds is 5. The molecule has 2 aromatic rings. The number of amides is 1. The van der Waals surface area contributed by atoms with E-state index in [1.807, 2.05) is 30.3 Å². The molecule has 6 nitrogen and oxygen atoms in total. The molecule has 0 bridgehead atoms. The van der Waals surface area contributed by atoms with Gasteiger partial charge in [-0.15, -0.1) is 0 Å². The third-order valence-electron chi connectivity index (χ3n) is 4.96. The molecule has 3 N–H and O–H groups in total. The van der Waals surface area contributed by atoms with Crippen molar-refractivity contribution >= 4 is 27.5 Å². The molecule has 0 saturated heterocycles. The molecule has 0 heterocycles. The van der Waals surface area contributed by atoms with E-state index in [4.69, 9.17) is 22.1 Å². The Hall–Kier alpha value is -2.09. The Bertz CT molecular complexity index is 988. The quantitative estimate of drug-likeness (QED) is 0.747. The molecule has 2 aromatic carbocycles. The number of benzene rings is 2. The van der Waals surface area contributed by atoms with E-state index < -0.39 is 38.2 Å². The summed E-state index contributed by atoms with van der Waals surface area (Å²) in [4.78, 5) is 12.6. The third-order valence-corrected chi connectivity index (χ3v) is 7.51. The lowest BCUT2D eigenvalue weighted by Gasteiger charge is -2.24. The fraction of sp³-hybridized carbons (Fsp3) is 0.381. The number of hydrogen-bond acceptors (Lipinski definition) is 5. The monoisotopic (exact) mass is 436 g/mol. The van der Waals surface area contributed by atoms with Gasteiger partial charge < -0.3 is 15.8 Å². The van der Waals surface area contributed by atoms with Crippen molar-refractivity contribution in [3.63, 3.8) is 0 Å². The first-order valence-electron chi connectivity index (χ1n) is 9.27. The van der Waals surface area contributed by atoms with E-state index in [2.05, 4.69) is 5.32 Å². The van der Waals surface area contributed by atoms with Crippen LogP contribution in [0.4, 0.5) is 4.79 Å². The summed E-state index contributed by atoms with van der Waals surface area (Å²) in [5.41, 5.74) is 4.95. The highest BCUT2D eigenvalue weighted by Gasteiger charge is 2.71. The number of carbonyl (C=O) groups excluding carboxylic acids is 1. The molecule has 0 unspecified atom stereocenters. The van der Waals surface area contributed by atoms with Crippen LogP contribution in [-0.4, -0.2) is 37.4 Å². The van der Waals surface area contributed by atoms with Gasteiger partial charge in [-0.2, -0.15) is 0 Å². The van der Waals surface area contributed by atoms with Gasteiger partial charge in [0.1, 0.15) is 10.9 Å². The van der Waals surface area contributed by atoms with Crippen LogP contribution in [0.15, 0.2) is 59.5 Å². The SMILES string of the molecule is CC(C)(C)OC(=O)N[C@]1(CN)[C@H](c2ccccc2)[C@H]1S(=O)(=O)c1ccc(Cl)cc1. The summed E-state index contributed by atoms with van der Waals surface area (Å²) >= 11 is 5.91. The Labute approximate surface area is 176 Å². The van der Waals surface area contributed by atoms with Crippen molar-refractivity contribution in [1.29, 1.82) is 0 Å². The standard InChI is InChI=1S/C21H25ClN2O4S/c1-20(2,3)28-19(25)24-21(13-23)17(14-7-5-4-6-8-14)18(21)29(26,27)16-11-9-15(22)10-12-16/h4-12,17-18H,13,23H2,1-3H3,(H,24,25)/t17-,18-,21-/m1/s1. The maximum absolute atomic E-state index is 13.4. The zero-order valence-corrected chi connectivity index (χ0v) is 18.1. The van der Waals surface area contributed by atoms with E-state index >= 15 is 0 Å². The molecule has 8 heteroatoms. The highest BCUT2D eigenvalue weighted by Crippen LogP contribution is 2.56. The average molecular weight is 437 g/mol. The summed E-state index contributed by atoms with van der Waals surface area (Å²) in [7, 11) is -3.80. The van der Waals surface area contributed by atoms with Crippen LogP contribution in [0.25, 0.3) is 0 Å². The number of ether oxygens (including phenoxy) is 1. The first-order chi connectivity index (χ1) is 13.5. The Morgan fingerprint density at radius 1 is 1.14 bits per heavy atom. The van der Waals surface area contributed by atoms with Crippen LogP contribution < -0.4 is 11.1 Å². The van der Waals surface area contributed by atoms with Gasteiger partial charge in [0.05, 0.1) is 10.4 Å². The van der Waals surface area contributed by atoms with E-state index in [9.17, 15) is 13.2 Å². The number of nitrogens with one attached hydrogen (secondary N) is 1. The molecule has 3 atom stereocenters. The van der Waals surface area contributed by atoms with Crippen LogP contribution in [-0.2, 0) is 14.6 Å². The molecular formula is C21H25ClN2O4S. The minimum Gasteiger partial charge on any atom is -0.444 e. The summed E-state index contributed by atoms with van der Waals surface area (Å²) in [6.45, 7) is 5.17. The summed E-state index contributed by atoms with van der Waals surface area (Å²) in [5.74, 6) is -0.498. The normalized spacial score (nSPS) is 24.0. The van der Waals surface area contributed by atoms with Crippen molar-refractivity contribution in [2.75, 3.05) is 6.54 Å². The summed E-state index contributed by atoms with van der Waals surface area (Å²) in [5, 5.41) is 2.29. The van der Waals surface area contributed by atoms with Gasteiger partial charge in [-0.05, 0) is 50.6 Å². The van der Waals surface area contributed by atoms with E-state index in [1.54, 1.807) is 20.8 Å². The van der Waals surface area contributed by atoms with Crippen molar-refractivity contribution in [2.45, 2.75) is 48.0 Å². The smallest absolute Gasteiger partial charge is 0.408 e. The predicted molar refractivity (Wildman–Crippen MR) is 113 cm³/mol. The van der Waals surface area contributed by atoms with Crippen LogP contribution in [0.2, 0.25) is 5.02 Å². The summed E-state index contributed by atoms with van der Waals surface area (Å²) in [6, 6.07) is 15.2. The second kappa shape index (κ2) is 7.63. The fourth-order valence-corrected chi connectivity index (χ4v) is 6.17. The maximum atomic E-state index is 13.4. The van der Waals surface area contributed by atoms with Crippen LogP contribution >= 0.6 is 11.6 Å². The average Bonchev–Trinajstić information content (AvgIpc) is 3.30. The van der Waals surface area contributed by atoms with Gasteiger partial charge in [-0.3, -0.25) is 0 Å². The lowest BCUT2D eigenvalue weighted by Crippen LogP contribution is -2.49. The molecule has 156 valence electrons. The number of carbonyl (C=O) groups is 1. The highest BCUT2D eigenvalue weighted by molar-refractivity contribution is 7.92. The number of alkyl carbamates (subject to hydrolysis) is 1. The van der Waals surface area contributed by atoms with Gasteiger partial charge >= 0.3 is 6.09 Å². The van der Waals surface area contributed by atoms with Crippen molar-refractivity contribution in [3.8, 4) is 0 Å². The first kappa shape index (κ1) is 21.6. The van der Waals surface area contributed by atoms with E-state index in [-0.39, 0.29) is 11.4 Å². The van der Waals surface area contributed by atoms with Gasteiger partial charge in [0.15, 0.2) is 9.84 Å². The number of nitrogens with two attached hydrogens (primary N) is 1. The molecule has 0 aliphatic heterocycles. The zero-order valence-electron chi connectivity index (χ0n) is 16.6. The largest absolute Gasteiger partial charge is 0.444 e. The molecular weight excluding hydrogens is 412 g/mol. The van der Waals surface area contributed by atoms with Crippen molar-refractivity contribution < 1.29 is 17.9 Å². The molecule has 1 amide bonds. The number of hydrogen-bond donors (Lipinski definition) is 2. The molecule has 1 fully saturated rings. The molecule has 0 radical (unpaired) electrons. The lowest BCUT2D eigenvalue weighted by atomic mass is 10.1. The zero-order chi connectivity index (χ0) is 21.4. The second-order valence-electron chi connectivity index (χ2n) is 8.18. The van der Waals surface area contributed by atoms with Crippen LogP contribution in [0.1, 0.15) is 32.3 Å². The molecule has 0 aromatic heterocycles. The molecule has 0 spiro atoms. The Kier molecular flexibility index (Phi) is 5.69. The summed E-state index contributed by atoms with van der Waals surface area (Å²) < 4.78 is 32.2. The molecule has 29 heavy (non-hydrogen) atoms. The van der Waals surface area contributed by atoms with Gasteiger partial charge in [-0.1, -0.05) is 41.9 Å². The van der Waals surface area contributed by atoms with Gasteiger partial charge in [0.25, 0.3) is 0 Å². The lowest BCUT2D eigenvalue weighted by molar-refractivity contribution is 0.0497. The van der Waals surface area contributed by atoms with Gasteiger partial charge in [0, 0.05) is 17.5 Å². The number of sulfone groups is 1. The van der Waals surface area contributed by atoms with Crippen molar-refractivity contribution in [1.82, 2.24) is 5.32 Å². The third kappa shape index (κ3) is 4.27.